The van der Waals surface area contributed by atoms with Crippen LogP contribution in [0.15, 0.2) is 0 Å². The third-order valence-electron chi connectivity index (χ3n) is 0. The molecule has 6 heavy (non-hydrogen) atoms. The maximum atomic E-state index is 9.19. The molecule has 3 nitrogen and oxygen atoms in total. The zero-order chi connectivity index (χ0) is 4.50. The smallest absolute Gasteiger partial charge is 0.261 e. The van der Waals surface area contributed by atoms with Crippen molar-refractivity contribution in [2.75, 3.05) is 6.26 Å². The molecule has 0 bridgehead atoms. The molecule has 34 valence electrons. The van der Waals surface area contributed by atoms with Gasteiger partial charge in [-0.3, -0.25) is 4.55 Å². The maximum Gasteiger partial charge on any atom is 0.261 e. The summed E-state index contributed by atoms with van der Waals surface area (Å²) in [6, 6.07) is 0. The van der Waals surface area contributed by atoms with Crippen LogP contribution in [-0.2, 0) is 37.8 Å². The normalized spacial score (nSPS) is 9.67. The fourth-order valence-electron chi connectivity index (χ4n) is 0. The van der Waals surface area contributed by atoms with E-state index in [1.807, 2.05) is 0 Å². The molecule has 0 spiro atoms. The maximum absolute atomic E-state index is 9.19. The van der Waals surface area contributed by atoms with Crippen LogP contribution in [0.25, 0.3) is 0 Å². The summed E-state index contributed by atoms with van der Waals surface area (Å²) in [5, 5.41) is 0. The summed E-state index contributed by atoms with van der Waals surface area (Å²) in [4.78, 5) is 0. The van der Waals surface area contributed by atoms with Crippen LogP contribution in [0, 0.1) is 0 Å². The van der Waals surface area contributed by atoms with Crippen LogP contribution in [0.3, 0.4) is 0 Å². The second-order valence-corrected chi connectivity index (χ2v) is 2.20. The van der Waals surface area contributed by atoms with Crippen molar-refractivity contribution < 1.29 is 40.6 Å². The van der Waals surface area contributed by atoms with E-state index in [0.717, 1.165) is 0 Å². The molecule has 0 aromatic rings. The number of hydrogen-bond donors (Lipinski definition) is 1. The Morgan fingerprint density at radius 2 is 1.50 bits per heavy atom. The largest absolute Gasteiger partial charge is 0.286 e. The van der Waals surface area contributed by atoms with Crippen LogP contribution < -0.4 is 0 Å². The van der Waals surface area contributed by atoms with Crippen molar-refractivity contribution in [3.05, 3.63) is 0 Å². The molecule has 0 radical (unpaired) electrons. The predicted molar refractivity (Wildman–Crippen MR) is 17.5 cm³/mol. The second kappa shape index (κ2) is 2.93. The van der Waals surface area contributed by atoms with Crippen molar-refractivity contribution in [3.63, 3.8) is 0 Å². The number of rotatable bonds is 0. The van der Waals surface area contributed by atoms with Crippen LogP contribution >= 0.6 is 0 Å². The molecule has 5 heteroatoms. The molecule has 1 N–H and O–H groups in total. The first-order valence-corrected chi connectivity index (χ1v) is 2.77. The van der Waals surface area contributed by atoms with E-state index in [2.05, 4.69) is 0 Å². The van der Waals surface area contributed by atoms with Crippen molar-refractivity contribution in [1.82, 2.24) is 0 Å². The van der Waals surface area contributed by atoms with Gasteiger partial charge in [-0.05, 0) is 0 Å². The van der Waals surface area contributed by atoms with E-state index in [9.17, 15) is 8.42 Å². The Bertz CT molecular complexity index is 94.0. The van der Waals surface area contributed by atoms with E-state index in [1.165, 1.54) is 0 Å². The zero-order valence-corrected chi connectivity index (χ0v) is 9.69. The molecular weight excluding hydrogens is 293 g/mol. The minimum atomic E-state index is -3.67. The molecule has 0 unspecified atom stereocenters. The van der Waals surface area contributed by atoms with Crippen LogP contribution in [-0.4, -0.2) is 19.2 Å². The molecule has 0 aromatic heterocycles. The fourth-order valence-corrected chi connectivity index (χ4v) is 0. The summed E-state index contributed by atoms with van der Waals surface area (Å²) in [7, 11) is -3.67. The van der Waals surface area contributed by atoms with Gasteiger partial charge in [0.2, 0.25) is 0 Å². The fraction of sp³-hybridized carbons (Fsp3) is 1.00. The van der Waals surface area contributed by atoms with Gasteiger partial charge in [0.1, 0.15) is 0 Å². The average molecular weight is 297 g/mol. The minimum absolute atomic E-state index is 0. The van der Waals surface area contributed by atoms with Gasteiger partial charge >= 0.3 is 0 Å². The Morgan fingerprint density at radius 3 is 1.50 bits per heavy atom. The van der Waals surface area contributed by atoms with Gasteiger partial charge in [-0.2, -0.15) is 8.42 Å². The van der Waals surface area contributed by atoms with Gasteiger partial charge in [-0.1, -0.05) is 0 Å². The summed E-state index contributed by atoms with van der Waals surface area (Å²) < 4.78 is 25.9. The SMILES string of the molecule is CS(=O)(=O)O.[Hg]. The Labute approximate surface area is 57.0 Å². The first-order chi connectivity index (χ1) is 2.00. The molecular formula is CH4HgO3S. The Balaban J connectivity index is 0. The van der Waals surface area contributed by atoms with E-state index in [1.54, 1.807) is 0 Å². The molecule has 0 saturated carbocycles. The van der Waals surface area contributed by atoms with E-state index < -0.39 is 10.1 Å². The van der Waals surface area contributed by atoms with Crippen LogP contribution in [0.4, 0.5) is 0 Å². The van der Waals surface area contributed by atoms with Crippen LogP contribution in [0.2, 0.25) is 0 Å². The van der Waals surface area contributed by atoms with Gasteiger partial charge < -0.3 is 0 Å². The molecule has 0 aliphatic heterocycles. The third-order valence-corrected chi connectivity index (χ3v) is 0. The van der Waals surface area contributed by atoms with E-state index in [0.29, 0.717) is 6.26 Å². The summed E-state index contributed by atoms with van der Waals surface area (Å²) in [6.07, 6.45) is 0.715. The van der Waals surface area contributed by atoms with Gasteiger partial charge in [0, 0.05) is 27.7 Å². The van der Waals surface area contributed by atoms with E-state index in [-0.39, 0.29) is 27.7 Å². The molecule has 0 heterocycles. The third kappa shape index (κ3) is 100. The van der Waals surface area contributed by atoms with E-state index in [4.69, 9.17) is 4.55 Å². The minimum Gasteiger partial charge on any atom is -0.286 e. The topological polar surface area (TPSA) is 54.4 Å². The molecule has 0 aliphatic carbocycles. The molecule has 0 rings (SSSR count). The van der Waals surface area contributed by atoms with E-state index >= 15 is 0 Å². The zero-order valence-electron chi connectivity index (χ0n) is 3.38. The first kappa shape index (κ1) is 9.96. The summed E-state index contributed by atoms with van der Waals surface area (Å²) >= 11 is 0. The predicted octanol–water partition coefficient (Wildman–Crippen LogP) is -0.498. The summed E-state index contributed by atoms with van der Waals surface area (Å²) in [5.74, 6) is 0. The summed E-state index contributed by atoms with van der Waals surface area (Å²) in [6.45, 7) is 0. The van der Waals surface area contributed by atoms with Crippen LogP contribution in [0.5, 0.6) is 0 Å². The quantitative estimate of drug-likeness (QED) is 0.484. The first-order valence-electron chi connectivity index (χ1n) is 0.924. The molecule has 0 saturated heterocycles. The van der Waals surface area contributed by atoms with Crippen molar-refractivity contribution in [1.29, 1.82) is 0 Å². The Kier molecular flexibility index (Phi) is 4.86. The molecule has 0 aromatic carbocycles. The van der Waals surface area contributed by atoms with Crippen LogP contribution in [0.1, 0.15) is 0 Å². The Morgan fingerprint density at radius 1 is 1.50 bits per heavy atom. The second-order valence-electron chi connectivity index (χ2n) is 0.733. The van der Waals surface area contributed by atoms with Gasteiger partial charge in [-0.15, -0.1) is 0 Å². The van der Waals surface area contributed by atoms with Crippen molar-refractivity contribution in [3.8, 4) is 0 Å². The van der Waals surface area contributed by atoms with Gasteiger partial charge in [0.15, 0.2) is 0 Å². The molecule has 0 fully saturated rings. The van der Waals surface area contributed by atoms with Gasteiger partial charge in [-0.25, -0.2) is 0 Å². The molecule has 0 atom stereocenters. The summed E-state index contributed by atoms with van der Waals surface area (Å²) in [5.41, 5.74) is 0. The van der Waals surface area contributed by atoms with Crippen molar-refractivity contribution in [2.24, 2.45) is 0 Å². The van der Waals surface area contributed by atoms with Crippen molar-refractivity contribution >= 4 is 10.1 Å². The molecule has 0 amide bonds. The van der Waals surface area contributed by atoms with Gasteiger partial charge in [0.05, 0.1) is 6.26 Å². The van der Waals surface area contributed by atoms with Crippen molar-refractivity contribution in [2.45, 2.75) is 0 Å². The monoisotopic (exact) mass is 298 g/mol. The standard InChI is InChI=1S/CH4O3S.Hg/c1-5(2,3)4;/h1H3,(H,2,3,4);. The number of hydrogen-bond acceptors (Lipinski definition) is 2. The van der Waals surface area contributed by atoms with Gasteiger partial charge in [0.25, 0.3) is 10.1 Å². The molecule has 0 aliphatic rings. The Hall–Kier alpha value is 0.845. The average Bonchev–Trinajstić information content (AvgIpc) is 0.722.